The molecule has 0 spiro atoms. The highest BCUT2D eigenvalue weighted by atomic mass is 35.5. The highest BCUT2D eigenvalue weighted by Gasteiger charge is 2.09. The van der Waals surface area contributed by atoms with Gasteiger partial charge >= 0.3 is 0 Å². The molecule has 0 N–H and O–H groups in total. The molecule has 1 aromatic carbocycles. The van der Waals surface area contributed by atoms with E-state index in [1.807, 2.05) is 32.2 Å². The van der Waals surface area contributed by atoms with Crippen LogP contribution in [0.3, 0.4) is 0 Å². The van der Waals surface area contributed by atoms with E-state index in [0.717, 1.165) is 29.4 Å². The van der Waals surface area contributed by atoms with Crippen LogP contribution in [0, 0.1) is 0 Å². The normalized spacial score (nSPS) is 10.5. The Kier molecular flexibility index (Phi) is 5.96. The summed E-state index contributed by atoms with van der Waals surface area (Å²) >= 11 is 12.0. The van der Waals surface area contributed by atoms with Crippen LogP contribution in [0.1, 0.15) is 12.5 Å². The maximum absolute atomic E-state index is 6.09. The number of alkyl halides is 1. The molecule has 0 amide bonds. The summed E-state index contributed by atoms with van der Waals surface area (Å²) in [6.45, 7) is 4.27. The predicted molar refractivity (Wildman–Crippen MR) is 70.8 cm³/mol. The fraction of sp³-hybridized carbons (Fsp3) is 0.500. The van der Waals surface area contributed by atoms with Gasteiger partial charge in [0.15, 0.2) is 0 Å². The quantitative estimate of drug-likeness (QED) is 0.574. The van der Waals surface area contributed by atoms with Crippen LogP contribution in [-0.2, 0) is 10.6 Å². The van der Waals surface area contributed by atoms with Crippen LogP contribution >= 0.6 is 23.2 Å². The van der Waals surface area contributed by atoms with E-state index in [9.17, 15) is 0 Å². The van der Waals surface area contributed by atoms with Crippen molar-refractivity contribution in [3.05, 3.63) is 28.8 Å². The first-order valence-electron chi connectivity index (χ1n) is 5.33. The zero-order valence-electron chi connectivity index (χ0n) is 9.67. The molecule has 0 saturated carbocycles. The molecule has 0 aliphatic heterocycles. The van der Waals surface area contributed by atoms with Crippen molar-refractivity contribution < 1.29 is 4.74 Å². The fourth-order valence-electron chi connectivity index (χ4n) is 1.50. The first-order valence-corrected chi connectivity index (χ1v) is 6.24. The molecule has 1 rings (SSSR count). The van der Waals surface area contributed by atoms with Crippen molar-refractivity contribution >= 4 is 28.9 Å². The monoisotopic (exact) mass is 261 g/mol. The van der Waals surface area contributed by atoms with Crippen molar-refractivity contribution in [3.63, 3.8) is 0 Å². The van der Waals surface area contributed by atoms with Gasteiger partial charge in [-0.2, -0.15) is 0 Å². The number of halogens is 2. The molecule has 2 nitrogen and oxygen atoms in total. The molecule has 0 aliphatic carbocycles. The maximum Gasteiger partial charge on any atom is 0.0641 e. The van der Waals surface area contributed by atoms with Crippen LogP contribution < -0.4 is 4.90 Å². The van der Waals surface area contributed by atoms with Crippen molar-refractivity contribution in [1.29, 1.82) is 0 Å². The van der Waals surface area contributed by atoms with Crippen molar-refractivity contribution in [2.75, 3.05) is 31.7 Å². The van der Waals surface area contributed by atoms with E-state index in [4.69, 9.17) is 27.9 Å². The summed E-state index contributed by atoms with van der Waals surface area (Å²) in [5.41, 5.74) is 2.05. The second kappa shape index (κ2) is 7.00. The summed E-state index contributed by atoms with van der Waals surface area (Å²) in [6.07, 6.45) is 0. The minimum Gasteiger partial charge on any atom is -0.380 e. The van der Waals surface area contributed by atoms with Crippen LogP contribution in [0.25, 0.3) is 0 Å². The Morgan fingerprint density at radius 2 is 2.12 bits per heavy atom. The van der Waals surface area contributed by atoms with Crippen molar-refractivity contribution in [3.8, 4) is 0 Å². The third-order valence-corrected chi connectivity index (χ3v) is 3.04. The second-order valence-electron chi connectivity index (χ2n) is 3.49. The molecule has 0 atom stereocenters. The molecule has 0 unspecified atom stereocenters. The largest absolute Gasteiger partial charge is 0.380 e. The fourth-order valence-corrected chi connectivity index (χ4v) is 2.09. The molecule has 0 aliphatic rings. The average molecular weight is 262 g/mol. The van der Waals surface area contributed by atoms with E-state index in [-0.39, 0.29) is 0 Å². The molecule has 16 heavy (non-hydrogen) atoms. The van der Waals surface area contributed by atoms with Gasteiger partial charge in [-0.15, -0.1) is 11.6 Å². The summed E-state index contributed by atoms with van der Waals surface area (Å²) in [5, 5.41) is 0.718. The highest BCUT2D eigenvalue weighted by molar-refractivity contribution is 6.32. The van der Waals surface area contributed by atoms with E-state index in [1.165, 1.54) is 0 Å². The molecule has 0 fully saturated rings. The van der Waals surface area contributed by atoms with Gasteiger partial charge in [-0.05, 0) is 19.1 Å². The van der Waals surface area contributed by atoms with Crippen LogP contribution in [-0.4, -0.2) is 26.8 Å². The molecule has 1 aromatic rings. The van der Waals surface area contributed by atoms with Crippen LogP contribution in [0.2, 0.25) is 5.02 Å². The lowest BCUT2D eigenvalue weighted by molar-refractivity contribution is 0.154. The van der Waals surface area contributed by atoms with E-state index in [2.05, 4.69) is 4.90 Å². The predicted octanol–water partition coefficient (Wildman–Crippen LogP) is 3.55. The van der Waals surface area contributed by atoms with Gasteiger partial charge in [0.25, 0.3) is 0 Å². The van der Waals surface area contributed by atoms with Gasteiger partial charge < -0.3 is 9.64 Å². The number of hydrogen-bond donors (Lipinski definition) is 0. The number of likely N-dealkylation sites (N-methyl/N-ethyl adjacent to an activating group) is 1. The minimum absolute atomic E-state index is 0.425. The summed E-state index contributed by atoms with van der Waals surface area (Å²) < 4.78 is 5.32. The summed E-state index contributed by atoms with van der Waals surface area (Å²) in [7, 11) is 2.01. The number of nitrogens with zero attached hydrogens (tertiary/aromatic N) is 1. The van der Waals surface area contributed by atoms with Gasteiger partial charge in [0, 0.05) is 36.5 Å². The Hall–Kier alpha value is -0.440. The minimum atomic E-state index is 0.425. The van der Waals surface area contributed by atoms with Crippen molar-refractivity contribution in [1.82, 2.24) is 0 Å². The van der Waals surface area contributed by atoms with Gasteiger partial charge in [0.05, 0.1) is 12.5 Å². The molecule has 0 radical (unpaired) electrons. The lowest BCUT2D eigenvalue weighted by atomic mass is 10.2. The van der Waals surface area contributed by atoms with Crippen LogP contribution in [0.4, 0.5) is 5.69 Å². The van der Waals surface area contributed by atoms with Gasteiger partial charge in [-0.25, -0.2) is 0 Å². The molecule has 0 heterocycles. The standard InChI is InChI=1S/C12H17Cl2NO/c1-3-16-8-7-15(2)12-6-4-5-11(14)10(12)9-13/h4-6H,3,7-9H2,1-2H3. The third-order valence-electron chi connectivity index (χ3n) is 2.41. The van der Waals surface area contributed by atoms with Crippen LogP contribution in [0.5, 0.6) is 0 Å². The first kappa shape index (κ1) is 13.6. The number of rotatable bonds is 6. The third kappa shape index (κ3) is 3.55. The average Bonchev–Trinajstić information content (AvgIpc) is 2.29. The summed E-state index contributed by atoms with van der Waals surface area (Å²) in [6, 6.07) is 5.82. The van der Waals surface area contributed by atoms with Gasteiger partial charge in [-0.3, -0.25) is 0 Å². The van der Waals surface area contributed by atoms with Crippen LogP contribution in [0.15, 0.2) is 18.2 Å². The maximum atomic E-state index is 6.09. The topological polar surface area (TPSA) is 12.5 Å². The Bertz CT molecular complexity index is 331. The summed E-state index contributed by atoms with van der Waals surface area (Å²) in [4.78, 5) is 2.11. The molecular formula is C12H17Cl2NO. The zero-order chi connectivity index (χ0) is 12.0. The van der Waals surface area contributed by atoms with E-state index in [1.54, 1.807) is 0 Å². The number of benzene rings is 1. The van der Waals surface area contributed by atoms with Crippen molar-refractivity contribution in [2.45, 2.75) is 12.8 Å². The summed E-state index contributed by atoms with van der Waals surface area (Å²) in [5.74, 6) is 0.425. The Morgan fingerprint density at radius 1 is 1.38 bits per heavy atom. The van der Waals surface area contributed by atoms with Gasteiger partial charge in [-0.1, -0.05) is 17.7 Å². The molecule has 4 heteroatoms. The Morgan fingerprint density at radius 3 is 2.75 bits per heavy atom. The molecule has 0 saturated heterocycles. The SMILES string of the molecule is CCOCCN(C)c1cccc(Cl)c1CCl. The number of anilines is 1. The Balaban J connectivity index is 2.74. The van der Waals surface area contributed by atoms with E-state index in [0.29, 0.717) is 12.5 Å². The highest BCUT2D eigenvalue weighted by Crippen LogP contribution is 2.28. The lowest BCUT2D eigenvalue weighted by Gasteiger charge is -2.22. The molecule has 0 aromatic heterocycles. The Labute approximate surface area is 107 Å². The number of hydrogen-bond acceptors (Lipinski definition) is 2. The van der Waals surface area contributed by atoms with E-state index < -0.39 is 0 Å². The van der Waals surface area contributed by atoms with Gasteiger partial charge in [0.1, 0.15) is 0 Å². The zero-order valence-corrected chi connectivity index (χ0v) is 11.2. The smallest absolute Gasteiger partial charge is 0.0641 e. The first-order chi connectivity index (χ1) is 7.70. The van der Waals surface area contributed by atoms with E-state index >= 15 is 0 Å². The number of ether oxygens (including phenoxy) is 1. The van der Waals surface area contributed by atoms with Gasteiger partial charge in [0.2, 0.25) is 0 Å². The lowest BCUT2D eigenvalue weighted by Crippen LogP contribution is -2.23. The molecular weight excluding hydrogens is 245 g/mol. The second-order valence-corrected chi connectivity index (χ2v) is 4.16. The molecule has 0 bridgehead atoms. The molecule has 90 valence electrons. The van der Waals surface area contributed by atoms with Crippen molar-refractivity contribution in [2.24, 2.45) is 0 Å².